The molecule has 0 aliphatic carbocycles. The number of nitrogens with one attached hydrogen (secondary N) is 1. The SMILES string of the molecule is O=C(CCc1nnc(-c2ccsc2)o1)Nc1ncc(Cc2ccccc2Cl)s1. The monoisotopic (exact) mass is 430 g/mol. The Balaban J connectivity index is 1.30. The van der Waals surface area contributed by atoms with Crippen molar-refractivity contribution in [1.29, 1.82) is 0 Å². The van der Waals surface area contributed by atoms with E-state index in [-0.39, 0.29) is 12.3 Å². The molecule has 0 bridgehead atoms. The van der Waals surface area contributed by atoms with Gasteiger partial charge < -0.3 is 9.73 Å². The van der Waals surface area contributed by atoms with Crippen molar-refractivity contribution in [2.45, 2.75) is 19.3 Å². The number of carbonyl (C=O) groups excluding carboxylic acids is 1. The zero-order valence-corrected chi connectivity index (χ0v) is 17.0. The predicted octanol–water partition coefficient (Wildman–Crippen LogP) is 5.07. The van der Waals surface area contributed by atoms with Gasteiger partial charge in [0.05, 0.1) is 0 Å². The summed E-state index contributed by atoms with van der Waals surface area (Å²) in [6, 6.07) is 9.61. The van der Waals surface area contributed by atoms with Crippen molar-refractivity contribution in [3.63, 3.8) is 0 Å². The first-order chi connectivity index (χ1) is 13.7. The van der Waals surface area contributed by atoms with E-state index in [1.165, 1.54) is 11.3 Å². The Morgan fingerprint density at radius 1 is 1.21 bits per heavy atom. The van der Waals surface area contributed by atoms with E-state index in [2.05, 4.69) is 20.5 Å². The van der Waals surface area contributed by atoms with Crippen LogP contribution >= 0.6 is 34.3 Å². The molecule has 0 aliphatic rings. The summed E-state index contributed by atoms with van der Waals surface area (Å²) < 4.78 is 5.59. The van der Waals surface area contributed by atoms with Crippen molar-refractivity contribution in [1.82, 2.24) is 15.2 Å². The van der Waals surface area contributed by atoms with Crippen molar-refractivity contribution in [3.8, 4) is 11.5 Å². The second kappa shape index (κ2) is 8.64. The molecule has 0 atom stereocenters. The van der Waals surface area contributed by atoms with Crippen LogP contribution in [0.2, 0.25) is 5.02 Å². The predicted molar refractivity (Wildman–Crippen MR) is 111 cm³/mol. The maximum absolute atomic E-state index is 12.2. The van der Waals surface area contributed by atoms with E-state index in [4.69, 9.17) is 16.0 Å². The van der Waals surface area contributed by atoms with E-state index >= 15 is 0 Å². The molecule has 0 saturated carbocycles. The molecular formula is C19H15ClN4O2S2. The third kappa shape index (κ3) is 4.64. The summed E-state index contributed by atoms with van der Waals surface area (Å²) in [5, 5.41) is 16.0. The molecule has 28 heavy (non-hydrogen) atoms. The van der Waals surface area contributed by atoms with Crippen LogP contribution in [0.1, 0.15) is 22.8 Å². The fraction of sp³-hybridized carbons (Fsp3) is 0.158. The van der Waals surface area contributed by atoms with Gasteiger partial charge in [-0.1, -0.05) is 29.8 Å². The Bertz CT molecular complexity index is 1080. The first-order valence-electron chi connectivity index (χ1n) is 8.50. The van der Waals surface area contributed by atoms with Gasteiger partial charge in [-0.3, -0.25) is 4.79 Å². The molecule has 1 amide bonds. The normalized spacial score (nSPS) is 10.9. The van der Waals surface area contributed by atoms with Crippen molar-refractivity contribution in [3.05, 3.63) is 68.6 Å². The van der Waals surface area contributed by atoms with E-state index in [1.807, 2.05) is 41.1 Å². The Kier molecular flexibility index (Phi) is 5.80. The van der Waals surface area contributed by atoms with E-state index in [0.29, 0.717) is 29.8 Å². The van der Waals surface area contributed by atoms with Crippen LogP contribution in [0.5, 0.6) is 0 Å². The van der Waals surface area contributed by atoms with Crippen LogP contribution in [0.15, 0.2) is 51.7 Å². The number of benzene rings is 1. The van der Waals surface area contributed by atoms with E-state index < -0.39 is 0 Å². The lowest BCUT2D eigenvalue weighted by Gasteiger charge is -2.01. The number of anilines is 1. The van der Waals surface area contributed by atoms with Gasteiger partial charge >= 0.3 is 0 Å². The Morgan fingerprint density at radius 3 is 2.93 bits per heavy atom. The van der Waals surface area contributed by atoms with Crippen LogP contribution in [0.3, 0.4) is 0 Å². The Hall–Kier alpha value is -2.55. The van der Waals surface area contributed by atoms with Gasteiger partial charge in [0, 0.05) is 46.3 Å². The maximum Gasteiger partial charge on any atom is 0.248 e. The molecule has 4 aromatic rings. The zero-order valence-electron chi connectivity index (χ0n) is 14.6. The minimum absolute atomic E-state index is 0.145. The largest absolute Gasteiger partial charge is 0.421 e. The summed E-state index contributed by atoms with van der Waals surface area (Å²) in [5.74, 6) is 0.768. The lowest BCUT2D eigenvalue weighted by atomic mass is 10.1. The van der Waals surface area contributed by atoms with Crippen molar-refractivity contribution >= 4 is 45.3 Å². The molecule has 0 fully saturated rings. The number of aryl methyl sites for hydroxylation is 1. The molecule has 4 rings (SSSR count). The van der Waals surface area contributed by atoms with Crippen LogP contribution in [-0.4, -0.2) is 21.1 Å². The number of amides is 1. The Morgan fingerprint density at radius 2 is 2.11 bits per heavy atom. The fourth-order valence-electron chi connectivity index (χ4n) is 2.54. The molecule has 1 N–H and O–H groups in total. The van der Waals surface area contributed by atoms with Crippen molar-refractivity contribution < 1.29 is 9.21 Å². The van der Waals surface area contributed by atoms with Crippen LogP contribution in [-0.2, 0) is 17.6 Å². The molecule has 3 heterocycles. The molecule has 0 unspecified atom stereocenters. The number of thiophene rings is 1. The van der Waals surface area contributed by atoms with Crippen LogP contribution < -0.4 is 5.32 Å². The zero-order chi connectivity index (χ0) is 19.3. The topological polar surface area (TPSA) is 80.9 Å². The summed E-state index contributed by atoms with van der Waals surface area (Å²) >= 11 is 9.19. The fourth-order valence-corrected chi connectivity index (χ4v) is 4.22. The molecular weight excluding hydrogens is 416 g/mol. The van der Waals surface area contributed by atoms with Gasteiger partial charge in [0.2, 0.25) is 17.7 Å². The second-order valence-electron chi connectivity index (χ2n) is 5.96. The average Bonchev–Trinajstić information content (AvgIpc) is 3.44. The van der Waals surface area contributed by atoms with Crippen LogP contribution in [0.25, 0.3) is 11.5 Å². The van der Waals surface area contributed by atoms with Crippen molar-refractivity contribution in [2.75, 3.05) is 5.32 Å². The standard InChI is InChI=1S/C19H15ClN4O2S2/c20-15-4-2-1-3-12(15)9-14-10-21-19(28-14)22-16(25)5-6-17-23-24-18(26-17)13-7-8-27-11-13/h1-4,7-8,10-11H,5-6,9H2,(H,21,22,25). The van der Waals surface area contributed by atoms with E-state index in [0.717, 1.165) is 21.0 Å². The second-order valence-corrected chi connectivity index (χ2v) is 8.26. The number of thiazole rings is 1. The van der Waals surface area contributed by atoms with Gasteiger partial charge in [0.25, 0.3) is 0 Å². The quantitative estimate of drug-likeness (QED) is 0.442. The minimum atomic E-state index is -0.145. The van der Waals surface area contributed by atoms with Crippen molar-refractivity contribution in [2.24, 2.45) is 0 Å². The lowest BCUT2D eigenvalue weighted by molar-refractivity contribution is -0.116. The molecule has 3 aromatic heterocycles. The number of rotatable bonds is 7. The minimum Gasteiger partial charge on any atom is -0.421 e. The highest BCUT2D eigenvalue weighted by Gasteiger charge is 2.12. The first-order valence-corrected chi connectivity index (χ1v) is 10.6. The molecule has 1 aromatic carbocycles. The van der Waals surface area contributed by atoms with Gasteiger partial charge in [-0.25, -0.2) is 4.98 Å². The van der Waals surface area contributed by atoms with Gasteiger partial charge in [-0.15, -0.1) is 21.5 Å². The Labute approximate surface area is 174 Å². The highest BCUT2D eigenvalue weighted by atomic mass is 35.5. The number of hydrogen-bond donors (Lipinski definition) is 1. The van der Waals surface area contributed by atoms with E-state index in [9.17, 15) is 4.79 Å². The highest BCUT2D eigenvalue weighted by molar-refractivity contribution is 7.15. The highest BCUT2D eigenvalue weighted by Crippen LogP contribution is 2.25. The summed E-state index contributed by atoms with van der Waals surface area (Å²) in [6.07, 6.45) is 3.06. The van der Waals surface area contributed by atoms with E-state index in [1.54, 1.807) is 17.5 Å². The number of hydrogen-bond acceptors (Lipinski definition) is 7. The summed E-state index contributed by atoms with van der Waals surface area (Å²) in [4.78, 5) is 17.5. The average molecular weight is 431 g/mol. The number of aromatic nitrogens is 3. The molecule has 0 aliphatic heterocycles. The molecule has 142 valence electrons. The molecule has 9 heteroatoms. The molecule has 0 saturated heterocycles. The summed E-state index contributed by atoms with van der Waals surface area (Å²) in [5.41, 5.74) is 1.92. The van der Waals surface area contributed by atoms with Crippen LogP contribution in [0.4, 0.5) is 5.13 Å². The summed E-state index contributed by atoms with van der Waals surface area (Å²) in [7, 11) is 0. The van der Waals surface area contributed by atoms with Gasteiger partial charge in [0.1, 0.15) is 0 Å². The third-order valence-corrected chi connectivity index (χ3v) is 5.89. The molecule has 6 nitrogen and oxygen atoms in total. The van der Waals surface area contributed by atoms with Gasteiger partial charge in [-0.05, 0) is 23.1 Å². The molecule has 0 spiro atoms. The van der Waals surface area contributed by atoms with Crippen LogP contribution in [0, 0.1) is 0 Å². The molecule has 0 radical (unpaired) electrons. The maximum atomic E-state index is 12.2. The number of carbonyl (C=O) groups is 1. The van der Waals surface area contributed by atoms with Gasteiger partial charge in [-0.2, -0.15) is 11.3 Å². The smallest absolute Gasteiger partial charge is 0.248 e. The lowest BCUT2D eigenvalue weighted by Crippen LogP contribution is -2.12. The number of nitrogens with zero attached hydrogens (tertiary/aromatic N) is 3. The first kappa shape index (κ1) is 18.8. The van der Waals surface area contributed by atoms with Gasteiger partial charge in [0.15, 0.2) is 5.13 Å². The summed E-state index contributed by atoms with van der Waals surface area (Å²) in [6.45, 7) is 0. The number of halogens is 1. The third-order valence-electron chi connectivity index (χ3n) is 3.92.